The van der Waals surface area contributed by atoms with Gasteiger partial charge in [-0.1, -0.05) is 6.92 Å². The molecule has 0 fully saturated rings. The smallest absolute Gasteiger partial charge is 0.114 e. The molecule has 1 aromatic rings. The number of aryl methyl sites for hydroxylation is 1. The first-order chi connectivity index (χ1) is 6.86. The van der Waals surface area contributed by atoms with E-state index in [4.69, 9.17) is 4.42 Å². The lowest BCUT2D eigenvalue weighted by Gasteiger charge is -1.99. The molecule has 0 aliphatic carbocycles. The van der Waals surface area contributed by atoms with Gasteiger partial charge in [0.05, 0.1) is 5.75 Å². The Morgan fingerprint density at radius 3 is 2.79 bits per heavy atom. The van der Waals surface area contributed by atoms with Gasteiger partial charge in [-0.15, -0.1) is 0 Å². The SMILES string of the molecule is CCc1ccc(CSCCCNC)o1. The predicted octanol–water partition coefficient (Wildman–Crippen LogP) is 2.68. The maximum Gasteiger partial charge on any atom is 0.114 e. The second-order valence-electron chi connectivity index (χ2n) is 3.23. The first-order valence-electron chi connectivity index (χ1n) is 5.16. The minimum absolute atomic E-state index is 0.990. The van der Waals surface area contributed by atoms with E-state index in [1.54, 1.807) is 0 Å². The first-order valence-corrected chi connectivity index (χ1v) is 6.32. The highest BCUT2D eigenvalue weighted by Crippen LogP contribution is 2.16. The molecule has 0 bridgehead atoms. The molecule has 0 saturated carbocycles. The Morgan fingerprint density at radius 1 is 1.36 bits per heavy atom. The molecule has 0 atom stereocenters. The van der Waals surface area contributed by atoms with Crippen molar-refractivity contribution >= 4 is 11.8 Å². The van der Waals surface area contributed by atoms with Gasteiger partial charge in [0, 0.05) is 6.42 Å². The van der Waals surface area contributed by atoms with Gasteiger partial charge in [0.1, 0.15) is 11.5 Å². The van der Waals surface area contributed by atoms with Crippen molar-refractivity contribution in [2.24, 2.45) is 0 Å². The lowest BCUT2D eigenvalue weighted by Crippen LogP contribution is -2.08. The van der Waals surface area contributed by atoms with Crippen LogP contribution in [0, 0.1) is 0 Å². The fourth-order valence-corrected chi connectivity index (χ4v) is 2.06. The van der Waals surface area contributed by atoms with Crippen LogP contribution in [0.4, 0.5) is 0 Å². The zero-order valence-electron chi connectivity index (χ0n) is 9.01. The summed E-state index contributed by atoms with van der Waals surface area (Å²) in [7, 11) is 1.99. The van der Waals surface area contributed by atoms with Gasteiger partial charge in [0.25, 0.3) is 0 Å². The molecular weight excluding hydrogens is 194 g/mol. The molecular formula is C11H19NOS. The number of nitrogens with one attached hydrogen (secondary N) is 1. The number of hydrogen-bond donors (Lipinski definition) is 1. The van der Waals surface area contributed by atoms with Crippen molar-refractivity contribution in [3.63, 3.8) is 0 Å². The molecule has 0 aliphatic rings. The van der Waals surface area contributed by atoms with Crippen LogP contribution in [-0.2, 0) is 12.2 Å². The highest BCUT2D eigenvalue weighted by molar-refractivity contribution is 7.98. The van der Waals surface area contributed by atoms with Crippen molar-refractivity contribution in [1.82, 2.24) is 5.32 Å². The van der Waals surface area contributed by atoms with Gasteiger partial charge in [0.2, 0.25) is 0 Å². The quantitative estimate of drug-likeness (QED) is 0.705. The van der Waals surface area contributed by atoms with Crippen LogP contribution < -0.4 is 5.32 Å². The Morgan fingerprint density at radius 2 is 2.14 bits per heavy atom. The Labute approximate surface area is 90.5 Å². The summed E-state index contributed by atoms with van der Waals surface area (Å²) < 4.78 is 5.60. The molecule has 0 saturated heterocycles. The van der Waals surface area contributed by atoms with E-state index in [1.165, 1.54) is 12.2 Å². The minimum atomic E-state index is 0.990. The van der Waals surface area contributed by atoms with E-state index in [0.29, 0.717) is 0 Å². The number of furan rings is 1. The van der Waals surface area contributed by atoms with Gasteiger partial charge >= 0.3 is 0 Å². The topological polar surface area (TPSA) is 25.2 Å². The molecule has 0 aromatic carbocycles. The van der Waals surface area contributed by atoms with E-state index in [1.807, 2.05) is 18.8 Å². The summed E-state index contributed by atoms with van der Waals surface area (Å²) in [6.07, 6.45) is 2.22. The molecule has 1 rings (SSSR count). The summed E-state index contributed by atoms with van der Waals surface area (Å²) in [6.45, 7) is 3.22. The summed E-state index contributed by atoms with van der Waals surface area (Å²) in [5.74, 6) is 4.40. The van der Waals surface area contributed by atoms with Crippen LogP contribution in [0.5, 0.6) is 0 Å². The molecule has 0 unspecified atom stereocenters. The molecule has 0 radical (unpaired) electrons. The summed E-state index contributed by atoms with van der Waals surface area (Å²) in [4.78, 5) is 0. The average Bonchev–Trinajstić information content (AvgIpc) is 2.65. The van der Waals surface area contributed by atoms with Gasteiger partial charge in [-0.3, -0.25) is 0 Å². The van der Waals surface area contributed by atoms with Crippen molar-refractivity contribution in [3.8, 4) is 0 Å². The molecule has 0 amide bonds. The molecule has 1 N–H and O–H groups in total. The van der Waals surface area contributed by atoms with E-state index in [-0.39, 0.29) is 0 Å². The van der Waals surface area contributed by atoms with Gasteiger partial charge in [-0.25, -0.2) is 0 Å². The van der Waals surface area contributed by atoms with Crippen LogP contribution in [0.2, 0.25) is 0 Å². The van der Waals surface area contributed by atoms with Crippen molar-refractivity contribution in [2.45, 2.75) is 25.5 Å². The van der Waals surface area contributed by atoms with Gasteiger partial charge < -0.3 is 9.73 Å². The maximum absolute atomic E-state index is 5.60. The number of thioether (sulfide) groups is 1. The van der Waals surface area contributed by atoms with Gasteiger partial charge in [-0.2, -0.15) is 11.8 Å². The van der Waals surface area contributed by atoms with E-state index < -0.39 is 0 Å². The molecule has 0 spiro atoms. The number of hydrogen-bond acceptors (Lipinski definition) is 3. The van der Waals surface area contributed by atoms with E-state index >= 15 is 0 Å². The Balaban J connectivity index is 2.12. The fraction of sp³-hybridized carbons (Fsp3) is 0.636. The monoisotopic (exact) mass is 213 g/mol. The van der Waals surface area contributed by atoms with Crippen LogP contribution in [0.1, 0.15) is 24.9 Å². The predicted molar refractivity (Wildman–Crippen MR) is 62.8 cm³/mol. The normalized spacial score (nSPS) is 10.7. The highest BCUT2D eigenvalue weighted by atomic mass is 32.2. The summed E-state index contributed by atoms with van der Waals surface area (Å²) in [5.41, 5.74) is 0. The Kier molecular flexibility index (Phi) is 5.80. The van der Waals surface area contributed by atoms with Crippen LogP contribution in [0.15, 0.2) is 16.5 Å². The average molecular weight is 213 g/mol. The van der Waals surface area contributed by atoms with E-state index in [0.717, 1.165) is 30.2 Å². The molecule has 3 heteroatoms. The van der Waals surface area contributed by atoms with Gasteiger partial charge in [0.15, 0.2) is 0 Å². The third-order valence-corrected chi connectivity index (χ3v) is 3.09. The third-order valence-electron chi connectivity index (χ3n) is 2.03. The second kappa shape index (κ2) is 6.96. The van der Waals surface area contributed by atoms with Crippen LogP contribution in [0.3, 0.4) is 0 Å². The largest absolute Gasteiger partial charge is 0.465 e. The lowest BCUT2D eigenvalue weighted by atomic mass is 10.4. The van der Waals surface area contributed by atoms with Crippen LogP contribution in [0.25, 0.3) is 0 Å². The number of rotatable bonds is 7. The van der Waals surface area contributed by atoms with Gasteiger partial charge in [-0.05, 0) is 37.9 Å². The summed E-state index contributed by atoms with van der Waals surface area (Å²) in [5, 5.41) is 3.14. The Bertz CT molecular complexity index is 247. The van der Waals surface area contributed by atoms with Crippen molar-refractivity contribution in [2.75, 3.05) is 19.3 Å². The van der Waals surface area contributed by atoms with Crippen molar-refractivity contribution in [1.29, 1.82) is 0 Å². The zero-order chi connectivity index (χ0) is 10.2. The highest BCUT2D eigenvalue weighted by Gasteiger charge is 1.99. The first kappa shape index (κ1) is 11.7. The summed E-state index contributed by atoms with van der Waals surface area (Å²) >= 11 is 1.94. The second-order valence-corrected chi connectivity index (χ2v) is 4.34. The van der Waals surface area contributed by atoms with Crippen molar-refractivity contribution < 1.29 is 4.42 Å². The third kappa shape index (κ3) is 4.20. The Hall–Kier alpha value is -0.410. The molecule has 1 aromatic heterocycles. The molecule has 80 valence electrons. The standard InChI is InChI=1S/C11H19NOS/c1-3-10-5-6-11(13-10)9-14-8-4-7-12-2/h5-6,12H,3-4,7-9H2,1-2H3. The minimum Gasteiger partial charge on any atom is -0.465 e. The fourth-order valence-electron chi connectivity index (χ4n) is 1.21. The summed E-state index contributed by atoms with van der Waals surface area (Å²) in [6, 6.07) is 4.16. The van der Waals surface area contributed by atoms with E-state index in [9.17, 15) is 0 Å². The van der Waals surface area contributed by atoms with Crippen molar-refractivity contribution in [3.05, 3.63) is 23.7 Å². The lowest BCUT2D eigenvalue weighted by molar-refractivity contribution is 0.485. The molecule has 0 aliphatic heterocycles. The molecule has 14 heavy (non-hydrogen) atoms. The zero-order valence-corrected chi connectivity index (χ0v) is 9.82. The van der Waals surface area contributed by atoms with Crippen LogP contribution in [-0.4, -0.2) is 19.3 Å². The van der Waals surface area contributed by atoms with Crippen LogP contribution >= 0.6 is 11.8 Å². The maximum atomic E-state index is 5.60. The molecule has 2 nitrogen and oxygen atoms in total. The van der Waals surface area contributed by atoms with E-state index in [2.05, 4.69) is 24.4 Å². The molecule has 1 heterocycles.